The van der Waals surface area contributed by atoms with Gasteiger partial charge in [-0.15, -0.1) is 11.3 Å². The summed E-state index contributed by atoms with van der Waals surface area (Å²) in [6.45, 7) is 0.620. The minimum Gasteiger partial charge on any atom is -0.338 e. The fraction of sp³-hybridized carbons (Fsp3) is 0.733. The van der Waals surface area contributed by atoms with E-state index in [1.807, 2.05) is 22.8 Å². The number of fused-ring (bicyclic) bond motifs is 1. The summed E-state index contributed by atoms with van der Waals surface area (Å²) in [7, 11) is 1.89. The lowest BCUT2D eigenvalue weighted by atomic mass is 9.77. The van der Waals surface area contributed by atoms with Crippen molar-refractivity contribution in [1.29, 1.82) is 0 Å². The lowest BCUT2D eigenvalue weighted by Crippen LogP contribution is -2.55. The largest absolute Gasteiger partial charge is 0.338 e. The van der Waals surface area contributed by atoms with Gasteiger partial charge in [-0.1, -0.05) is 12.8 Å². The Morgan fingerprint density at radius 1 is 1.40 bits per heavy atom. The highest BCUT2D eigenvalue weighted by Gasteiger charge is 2.35. The number of piperidine rings is 1. The van der Waals surface area contributed by atoms with E-state index in [1.165, 1.54) is 32.1 Å². The number of likely N-dealkylation sites (N-methyl/N-ethyl adjacent to an activating group) is 1. The SMILES string of the molecule is CN(Cc1cscn1)C(=O)C1CCC2CCCCC2N1. The highest BCUT2D eigenvalue weighted by molar-refractivity contribution is 7.07. The summed E-state index contributed by atoms with van der Waals surface area (Å²) in [5.41, 5.74) is 2.80. The van der Waals surface area contributed by atoms with Crippen LogP contribution in [0.4, 0.5) is 0 Å². The second-order valence-electron chi connectivity index (χ2n) is 6.12. The van der Waals surface area contributed by atoms with Crippen molar-refractivity contribution in [2.45, 2.75) is 57.2 Å². The van der Waals surface area contributed by atoms with Gasteiger partial charge in [0.25, 0.3) is 0 Å². The fourth-order valence-electron chi connectivity index (χ4n) is 3.59. The maximum Gasteiger partial charge on any atom is 0.239 e. The molecule has 2 heterocycles. The van der Waals surface area contributed by atoms with Gasteiger partial charge in [0.15, 0.2) is 0 Å². The Morgan fingerprint density at radius 3 is 3.05 bits per heavy atom. The van der Waals surface area contributed by atoms with Crippen LogP contribution in [0.5, 0.6) is 0 Å². The predicted molar refractivity (Wildman–Crippen MR) is 80.5 cm³/mol. The Balaban J connectivity index is 1.56. The predicted octanol–water partition coefficient (Wildman–Crippen LogP) is 2.41. The number of rotatable bonds is 3. The van der Waals surface area contributed by atoms with Crippen molar-refractivity contribution >= 4 is 17.2 Å². The smallest absolute Gasteiger partial charge is 0.239 e. The van der Waals surface area contributed by atoms with Gasteiger partial charge in [0, 0.05) is 18.5 Å². The summed E-state index contributed by atoms with van der Waals surface area (Å²) in [6, 6.07) is 0.581. The van der Waals surface area contributed by atoms with Gasteiger partial charge in [0.05, 0.1) is 23.8 Å². The molecule has 1 saturated carbocycles. The van der Waals surface area contributed by atoms with Crippen LogP contribution < -0.4 is 5.32 Å². The number of nitrogens with one attached hydrogen (secondary N) is 1. The molecule has 1 aromatic heterocycles. The molecule has 3 rings (SSSR count). The second-order valence-corrected chi connectivity index (χ2v) is 6.84. The minimum absolute atomic E-state index is 0.0120. The van der Waals surface area contributed by atoms with Crippen molar-refractivity contribution in [1.82, 2.24) is 15.2 Å². The van der Waals surface area contributed by atoms with Crippen LogP contribution in [0.25, 0.3) is 0 Å². The van der Waals surface area contributed by atoms with Gasteiger partial charge in [-0.2, -0.15) is 0 Å². The van der Waals surface area contributed by atoms with Gasteiger partial charge in [-0.05, 0) is 31.6 Å². The molecular weight excluding hydrogens is 270 g/mol. The molecule has 2 aliphatic rings. The molecule has 0 spiro atoms. The maximum absolute atomic E-state index is 12.5. The summed E-state index contributed by atoms with van der Waals surface area (Å²) in [6.07, 6.45) is 7.45. The molecule has 1 aromatic rings. The lowest BCUT2D eigenvalue weighted by molar-refractivity contribution is -0.134. The zero-order valence-corrected chi connectivity index (χ0v) is 12.9. The van der Waals surface area contributed by atoms with Gasteiger partial charge < -0.3 is 10.2 Å². The molecule has 0 aromatic carbocycles. The Labute approximate surface area is 124 Å². The van der Waals surface area contributed by atoms with E-state index >= 15 is 0 Å². The molecule has 20 heavy (non-hydrogen) atoms. The summed E-state index contributed by atoms with van der Waals surface area (Å²) >= 11 is 1.58. The van der Waals surface area contributed by atoms with Crippen molar-refractivity contribution in [3.05, 3.63) is 16.6 Å². The average molecular weight is 293 g/mol. The number of hydrogen-bond donors (Lipinski definition) is 1. The van der Waals surface area contributed by atoms with Gasteiger partial charge >= 0.3 is 0 Å². The van der Waals surface area contributed by atoms with Crippen LogP contribution >= 0.6 is 11.3 Å². The van der Waals surface area contributed by atoms with Crippen LogP contribution in [0.3, 0.4) is 0 Å². The number of carbonyl (C=O) groups excluding carboxylic acids is 1. The van der Waals surface area contributed by atoms with Crippen LogP contribution in [0.2, 0.25) is 0 Å². The lowest BCUT2D eigenvalue weighted by Gasteiger charge is -2.40. The van der Waals surface area contributed by atoms with Gasteiger partial charge in [-0.25, -0.2) is 4.98 Å². The molecular formula is C15H23N3OS. The molecule has 3 unspecified atom stereocenters. The zero-order chi connectivity index (χ0) is 13.9. The van der Waals surface area contributed by atoms with Gasteiger partial charge in [0.1, 0.15) is 0 Å². The zero-order valence-electron chi connectivity index (χ0n) is 12.0. The van der Waals surface area contributed by atoms with E-state index < -0.39 is 0 Å². The van der Waals surface area contributed by atoms with Crippen molar-refractivity contribution in [3.8, 4) is 0 Å². The van der Waals surface area contributed by atoms with Crippen LogP contribution in [-0.4, -0.2) is 34.9 Å². The standard InChI is InChI=1S/C15H23N3OS/c1-18(8-12-9-20-10-16-12)15(19)14-7-6-11-4-2-3-5-13(11)17-14/h9-11,13-14,17H,2-8H2,1H3. The first-order chi connectivity index (χ1) is 9.74. The molecule has 1 N–H and O–H groups in total. The fourth-order valence-corrected chi connectivity index (χ4v) is 4.14. The normalized spacial score (nSPS) is 29.8. The van der Waals surface area contributed by atoms with Crippen LogP contribution in [0, 0.1) is 5.92 Å². The van der Waals surface area contributed by atoms with E-state index in [-0.39, 0.29) is 11.9 Å². The number of hydrogen-bond acceptors (Lipinski definition) is 4. The minimum atomic E-state index is 0.0120. The summed E-state index contributed by atoms with van der Waals surface area (Å²) in [5, 5.41) is 5.62. The average Bonchev–Trinajstić information content (AvgIpc) is 2.99. The molecule has 4 nitrogen and oxygen atoms in total. The van der Waals surface area contributed by atoms with E-state index in [0.29, 0.717) is 12.6 Å². The van der Waals surface area contributed by atoms with Crippen molar-refractivity contribution in [3.63, 3.8) is 0 Å². The van der Waals surface area contributed by atoms with Crippen molar-refractivity contribution in [2.24, 2.45) is 5.92 Å². The Kier molecular flexibility index (Phi) is 4.36. The molecule has 0 bridgehead atoms. The molecule has 2 fully saturated rings. The highest BCUT2D eigenvalue weighted by Crippen LogP contribution is 2.32. The molecule has 110 valence electrons. The number of nitrogens with zero attached hydrogens (tertiary/aromatic N) is 2. The molecule has 5 heteroatoms. The maximum atomic E-state index is 12.5. The van der Waals surface area contributed by atoms with Crippen LogP contribution in [0.15, 0.2) is 10.9 Å². The van der Waals surface area contributed by atoms with Crippen LogP contribution in [0.1, 0.15) is 44.2 Å². The Hall–Kier alpha value is -0.940. The quantitative estimate of drug-likeness (QED) is 0.931. The van der Waals surface area contributed by atoms with E-state index in [1.54, 1.807) is 11.3 Å². The third kappa shape index (κ3) is 3.04. The van der Waals surface area contributed by atoms with Gasteiger partial charge in [-0.3, -0.25) is 4.79 Å². The number of aromatic nitrogens is 1. The first kappa shape index (κ1) is 14.0. The molecule has 1 saturated heterocycles. The number of amides is 1. The van der Waals surface area contributed by atoms with E-state index in [0.717, 1.165) is 18.0 Å². The van der Waals surface area contributed by atoms with E-state index in [4.69, 9.17) is 0 Å². The Bertz CT molecular complexity index is 448. The third-order valence-electron chi connectivity index (χ3n) is 4.71. The molecule has 1 amide bonds. The highest BCUT2D eigenvalue weighted by atomic mass is 32.1. The number of carbonyl (C=O) groups is 1. The first-order valence-electron chi connectivity index (χ1n) is 7.62. The van der Waals surface area contributed by atoms with Crippen LogP contribution in [-0.2, 0) is 11.3 Å². The summed E-state index contributed by atoms with van der Waals surface area (Å²) in [4.78, 5) is 18.6. The second kappa shape index (κ2) is 6.22. The monoisotopic (exact) mass is 293 g/mol. The van der Waals surface area contributed by atoms with E-state index in [9.17, 15) is 4.79 Å². The van der Waals surface area contributed by atoms with Crippen molar-refractivity contribution in [2.75, 3.05) is 7.05 Å². The Morgan fingerprint density at radius 2 is 2.25 bits per heavy atom. The van der Waals surface area contributed by atoms with E-state index in [2.05, 4.69) is 10.3 Å². The molecule has 3 atom stereocenters. The van der Waals surface area contributed by atoms with Gasteiger partial charge in [0.2, 0.25) is 5.91 Å². The third-order valence-corrected chi connectivity index (χ3v) is 5.34. The first-order valence-corrected chi connectivity index (χ1v) is 8.56. The van der Waals surface area contributed by atoms with Crippen molar-refractivity contribution < 1.29 is 4.79 Å². The molecule has 0 radical (unpaired) electrons. The molecule has 1 aliphatic heterocycles. The number of thiazole rings is 1. The topological polar surface area (TPSA) is 45.2 Å². The molecule has 1 aliphatic carbocycles. The summed E-state index contributed by atoms with van der Waals surface area (Å²) < 4.78 is 0. The summed E-state index contributed by atoms with van der Waals surface area (Å²) in [5.74, 6) is 1.03.